The van der Waals surface area contributed by atoms with E-state index in [9.17, 15) is 9.59 Å². The van der Waals surface area contributed by atoms with E-state index in [1.54, 1.807) is 13.8 Å². The van der Waals surface area contributed by atoms with E-state index in [-0.39, 0.29) is 19.6 Å². The summed E-state index contributed by atoms with van der Waals surface area (Å²) in [6.45, 7) is 3.54. The van der Waals surface area contributed by atoms with Gasteiger partial charge in [0.2, 0.25) is 0 Å². The van der Waals surface area contributed by atoms with Crippen LogP contribution >= 0.6 is 34.8 Å². The normalized spacial score (nSPS) is 11.4. The van der Waals surface area contributed by atoms with Gasteiger partial charge < -0.3 is 9.47 Å². The minimum atomic E-state index is -1.70. The van der Waals surface area contributed by atoms with Crippen molar-refractivity contribution in [2.45, 2.75) is 24.1 Å². The van der Waals surface area contributed by atoms with E-state index in [1.807, 2.05) is 0 Å². The van der Waals surface area contributed by atoms with Gasteiger partial charge in [0.25, 0.3) is 0 Å². The molecular weight excluding hydrogens is 278 g/mol. The van der Waals surface area contributed by atoms with Gasteiger partial charge in [0.05, 0.1) is 13.2 Å². The van der Waals surface area contributed by atoms with E-state index in [0.717, 1.165) is 0 Å². The largest absolute Gasteiger partial charge is 0.465 e. The highest BCUT2D eigenvalue weighted by Gasteiger charge is 2.37. The van der Waals surface area contributed by atoms with Gasteiger partial charge in [-0.15, -0.1) is 0 Å². The Morgan fingerprint density at radius 2 is 1.44 bits per heavy atom. The van der Waals surface area contributed by atoms with Gasteiger partial charge >= 0.3 is 11.9 Å². The minimum Gasteiger partial charge on any atom is -0.465 e. The van der Waals surface area contributed by atoms with Crippen LogP contribution in [0.15, 0.2) is 0 Å². The first-order valence-electron chi connectivity index (χ1n) is 4.71. The average Bonchev–Trinajstić information content (AvgIpc) is 2.13. The van der Waals surface area contributed by atoms with Gasteiger partial charge in [-0.2, -0.15) is 0 Å². The molecule has 0 aromatic heterocycles. The molecule has 0 aliphatic carbocycles. The molecule has 0 aromatic rings. The van der Waals surface area contributed by atoms with Crippen molar-refractivity contribution in [1.82, 2.24) is 0 Å². The number of carbonyl (C=O) groups is 2. The zero-order valence-electron chi connectivity index (χ0n) is 8.97. The zero-order chi connectivity index (χ0) is 12.8. The SMILES string of the molecule is CCOC(=O)C(CC(Cl)(Cl)Cl)C(=O)OCC. The standard InChI is InChI=1S/C9H13Cl3O4/c1-3-15-7(13)6(5-9(10,11)12)8(14)16-4-2/h6H,3-5H2,1-2H3. The molecule has 0 aromatic carbocycles. The van der Waals surface area contributed by atoms with Crippen LogP contribution in [0.25, 0.3) is 0 Å². The summed E-state index contributed by atoms with van der Waals surface area (Å²) in [4.78, 5) is 22.9. The van der Waals surface area contributed by atoms with Crippen molar-refractivity contribution in [3.05, 3.63) is 0 Å². The van der Waals surface area contributed by atoms with E-state index in [2.05, 4.69) is 0 Å². The van der Waals surface area contributed by atoms with Crippen LogP contribution < -0.4 is 0 Å². The van der Waals surface area contributed by atoms with E-state index >= 15 is 0 Å². The van der Waals surface area contributed by atoms with Crippen LogP contribution in [0.3, 0.4) is 0 Å². The Balaban J connectivity index is 4.62. The second-order valence-corrected chi connectivity index (χ2v) is 5.39. The molecule has 0 aliphatic rings. The van der Waals surface area contributed by atoms with Crippen LogP contribution in [0.1, 0.15) is 20.3 Å². The van der Waals surface area contributed by atoms with E-state index < -0.39 is 21.6 Å². The molecule has 4 nitrogen and oxygen atoms in total. The number of rotatable bonds is 5. The fraction of sp³-hybridized carbons (Fsp3) is 0.778. The summed E-state index contributed by atoms with van der Waals surface area (Å²) in [5, 5.41) is 0. The Kier molecular flexibility index (Phi) is 7.11. The zero-order valence-corrected chi connectivity index (χ0v) is 11.2. The Labute approximate surface area is 109 Å². The third-order valence-corrected chi connectivity index (χ3v) is 2.04. The molecule has 0 fully saturated rings. The summed E-state index contributed by atoms with van der Waals surface area (Å²) in [6, 6.07) is 0. The van der Waals surface area contributed by atoms with Crippen molar-refractivity contribution in [3.8, 4) is 0 Å². The summed E-state index contributed by atoms with van der Waals surface area (Å²) in [6.07, 6.45) is -0.269. The molecule has 0 radical (unpaired) electrons. The van der Waals surface area contributed by atoms with Gasteiger partial charge in [-0.3, -0.25) is 9.59 Å². The highest BCUT2D eigenvalue weighted by Crippen LogP contribution is 2.34. The smallest absolute Gasteiger partial charge is 0.320 e. The molecule has 0 bridgehead atoms. The van der Waals surface area contributed by atoms with Gasteiger partial charge in [0, 0.05) is 6.42 Å². The van der Waals surface area contributed by atoms with Gasteiger partial charge in [0.1, 0.15) is 0 Å². The van der Waals surface area contributed by atoms with E-state index in [1.165, 1.54) is 0 Å². The number of halogens is 3. The minimum absolute atomic E-state index is 0.147. The van der Waals surface area contributed by atoms with Crippen molar-refractivity contribution < 1.29 is 19.1 Å². The number of hydrogen-bond acceptors (Lipinski definition) is 4. The maximum Gasteiger partial charge on any atom is 0.320 e. The molecule has 0 amide bonds. The number of alkyl halides is 3. The number of carbonyl (C=O) groups excluding carboxylic acids is 2. The first-order chi connectivity index (χ1) is 7.31. The van der Waals surface area contributed by atoms with Gasteiger partial charge in [0.15, 0.2) is 9.71 Å². The highest BCUT2D eigenvalue weighted by molar-refractivity contribution is 6.67. The number of hydrogen-bond donors (Lipinski definition) is 0. The third-order valence-electron chi connectivity index (χ3n) is 1.58. The molecule has 16 heavy (non-hydrogen) atoms. The lowest BCUT2D eigenvalue weighted by Gasteiger charge is -2.18. The Bertz CT molecular complexity index is 232. The van der Waals surface area contributed by atoms with Crippen molar-refractivity contribution in [2.75, 3.05) is 13.2 Å². The summed E-state index contributed by atoms with van der Waals surface area (Å²) < 4.78 is 7.70. The molecular formula is C9H13Cl3O4. The number of ether oxygens (including phenoxy) is 2. The van der Waals surface area contributed by atoms with Gasteiger partial charge in [-0.05, 0) is 13.8 Å². The second kappa shape index (κ2) is 7.20. The average molecular weight is 292 g/mol. The predicted octanol–water partition coefficient (Wildman–Crippen LogP) is 2.49. The maximum atomic E-state index is 11.4. The summed E-state index contributed by atoms with van der Waals surface area (Å²) in [7, 11) is 0. The number of esters is 2. The fourth-order valence-electron chi connectivity index (χ4n) is 0.980. The molecule has 0 saturated carbocycles. The lowest BCUT2D eigenvalue weighted by Crippen LogP contribution is -2.31. The Morgan fingerprint density at radius 1 is 1.06 bits per heavy atom. The molecule has 94 valence electrons. The van der Waals surface area contributed by atoms with Crippen molar-refractivity contribution in [2.24, 2.45) is 5.92 Å². The molecule has 7 heteroatoms. The van der Waals surface area contributed by atoms with Crippen LogP contribution in [-0.4, -0.2) is 28.9 Å². The quantitative estimate of drug-likeness (QED) is 0.444. The fourth-order valence-corrected chi connectivity index (χ4v) is 1.44. The van der Waals surface area contributed by atoms with Crippen molar-refractivity contribution >= 4 is 46.7 Å². The molecule has 0 aliphatic heterocycles. The van der Waals surface area contributed by atoms with Crippen LogP contribution in [-0.2, 0) is 19.1 Å². The maximum absolute atomic E-state index is 11.4. The molecule has 0 spiro atoms. The van der Waals surface area contributed by atoms with Crippen LogP contribution in [0.5, 0.6) is 0 Å². The van der Waals surface area contributed by atoms with Crippen LogP contribution in [0.2, 0.25) is 0 Å². The highest BCUT2D eigenvalue weighted by atomic mass is 35.6. The summed E-state index contributed by atoms with van der Waals surface area (Å²) >= 11 is 16.6. The van der Waals surface area contributed by atoms with Crippen LogP contribution in [0, 0.1) is 5.92 Å². The topological polar surface area (TPSA) is 52.6 Å². The molecule has 0 rings (SSSR count). The van der Waals surface area contributed by atoms with Gasteiger partial charge in [-0.25, -0.2) is 0 Å². The summed E-state index contributed by atoms with van der Waals surface area (Å²) in [5.74, 6) is -2.69. The van der Waals surface area contributed by atoms with Crippen molar-refractivity contribution in [3.63, 3.8) is 0 Å². The summed E-state index contributed by atoms with van der Waals surface area (Å²) in [5.41, 5.74) is 0. The molecule has 0 N–H and O–H groups in total. The molecule has 0 unspecified atom stereocenters. The Morgan fingerprint density at radius 3 is 1.69 bits per heavy atom. The Hall–Kier alpha value is -0.190. The molecule has 0 heterocycles. The monoisotopic (exact) mass is 290 g/mol. The van der Waals surface area contributed by atoms with Crippen LogP contribution in [0.4, 0.5) is 0 Å². The first kappa shape index (κ1) is 15.8. The van der Waals surface area contributed by atoms with Gasteiger partial charge in [-0.1, -0.05) is 34.8 Å². The third kappa shape index (κ3) is 6.40. The molecule has 0 saturated heterocycles. The first-order valence-corrected chi connectivity index (χ1v) is 5.85. The molecule has 0 atom stereocenters. The van der Waals surface area contributed by atoms with Crippen molar-refractivity contribution in [1.29, 1.82) is 0 Å². The van der Waals surface area contributed by atoms with E-state index in [4.69, 9.17) is 44.3 Å². The lowest BCUT2D eigenvalue weighted by atomic mass is 10.1. The second-order valence-electron chi connectivity index (χ2n) is 2.88. The van der Waals surface area contributed by atoms with E-state index in [0.29, 0.717) is 0 Å². The lowest BCUT2D eigenvalue weighted by molar-refractivity contribution is -0.161. The predicted molar refractivity (Wildman–Crippen MR) is 61.7 cm³/mol.